The molecule has 0 spiro atoms. The van der Waals surface area contributed by atoms with Gasteiger partial charge in [-0.1, -0.05) is 16.8 Å². The van der Waals surface area contributed by atoms with Crippen molar-refractivity contribution in [3.8, 4) is 0 Å². The van der Waals surface area contributed by atoms with Gasteiger partial charge in [0.1, 0.15) is 0 Å². The van der Waals surface area contributed by atoms with Gasteiger partial charge in [-0.25, -0.2) is 0 Å². The molecule has 0 radical (unpaired) electrons. The van der Waals surface area contributed by atoms with Crippen LogP contribution in [0, 0.1) is 0 Å². The van der Waals surface area contributed by atoms with E-state index in [1.54, 1.807) is 14.0 Å². The lowest BCUT2D eigenvalue weighted by Crippen LogP contribution is -2.43. The van der Waals surface area contributed by atoms with E-state index >= 15 is 0 Å². The van der Waals surface area contributed by atoms with E-state index in [0.717, 1.165) is 0 Å². The Morgan fingerprint density at radius 2 is 2.35 bits per heavy atom. The molecule has 0 aliphatic carbocycles. The monoisotopic (exact) mass is 256 g/mol. The Bertz CT molecular complexity index is 450. The van der Waals surface area contributed by atoms with E-state index in [-0.39, 0.29) is 16.8 Å². The molecule has 1 amide bonds. The Morgan fingerprint density at radius 3 is 2.88 bits per heavy atom. The number of likely N-dealkylation sites (N-methyl/N-ethyl adjacent to an activating group) is 1. The molecule has 3 N–H and O–H groups in total. The lowest BCUT2D eigenvalue weighted by atomic mass is 10.2. The average molecular weight is 257 g/mol. The molecule has 1 atom stereocenters. The van der Waals surface area contributed by atoms with Gasteiger partial charge in [0.15, 0.2) is 5.84 Å². The van der Waals surface area contributed by atoms with Crippen LogP contribution >= 0.6 is 11.6 Å². The minimum atomic E-state index is -0.531. The Morgan fingerprint density at radius 1 is 1.71 bits per heavy atom. The molecule has 0 fully saturated rings. The zero-order chi connectivity index (χ0) is 13.0. The van der Waals surface area contributed by atoms with E-state index in [9.17, 15) is 4.79 Å². The van der Waals surface area contributed by atoms with Crippen LogP contribution < -0.4 is 5.73 Å². The summed E-state index contributed by atoms with van der Waals surface area (Å²) in [5.41, 5.74) is 5.75. The maximum Gasteiger partial charge on any atom is 0.255 e. The second-order valence-electron chi connectivity index (χ2n) is 3.47. The molecular formula is C10H13ClN4O2. The number of amides is 1. The molecule has 0 aliphatic heterocycles. The van der Waals surface area contributed by atoms with Crippen molar-refractivity contribution in [3.63, 3.8) is 0 Å². The lowest BCUT2D eigenvalue weighted by molar-refractivity contribution is 0.0776. The van der Waals surface area contributed by atoms with Crippen LogP contribution in [0.2, 0.25) is 5.02 Å². The fourth-order valence-corrected chi connectivity index (χ4v) is 1.40. The van der Waals surface area contributed by atoms with Crippen molar-refractivity contribution in [2.24, 2.45) is 10.9 Å². The first kappa shape index (κ1) is 13.2. The number of rotatable bonds is 3. The normalized spacial score (nSPS) is 13.2. The molecule has 1 heterocycles. The van der Waals surface area contributed by atoms with Crippen molar-refractivity contribution in [1.82, 2.24) is 9.88 Å². The molecule has 92 valence electrons. The summed E-state index contributed by atoms with van der Waals surface area (Å²) < 4.78 is 0. The standard InChI is InChI=1S/C10H13ClN4O2/c1-6(9(12)14-17)15(2)10(16)7-3-4-13-5-8(7)11/h3-6,17H,1-2H3,(H2,12,14). The largest absolute Gasteiger partial charge is 0.409 e. The van der Waals surface area contributed by atoms with Gasteiger partial charge in [-0.3, -0.25) is 9.78 Å². The maximum atomic E-state index is 12.0. The van der Waals surface area contributed by atoms with E-state index in [2.05, 4.69) is 10.1 Å². The third kappa shape index (κ3) is 2.85. The van der Waals surface area contributed by atoms with Crippen LogP contribution in [-0.4, -0.2) is 39.9 Å². The van der Waals surface area contributed by atoms with Crippen LogP contribution in [0.1, 0.15) is 17.3 Å². The molecule has 0 saturated carbocycles. The second-order valence-corrected chi connectivity index (χ2v) is 3.88. The highest BCUT2D eigenvalue weighted by molar-refractivity contribution is 6.33. The smallest absolute Gasteiger partial charge is 0.255 e. The predicted octanol–water partition coefficient (Wildman–Crippen LogP) is 0.942. The molecule has 1 aromatic rings. The van der Waals surface area contributed by atoms with Crippen molar-refractivity contribution in [3.05, 3.63) is 29.0 Å². The van der Waals surface area contributed by atoms with Crippen LogP contribution in [0.3, 0.4) is 0 Å². The predicted molar refractivity (Wildman–Crippen MR) is 64.2 cm³/mol. The average Bonchev–Trinajstić information content (AvgIpc) is 2.35. The van der Waals surface area contributed by atoms with Crippen LogP contribution in [0.25, 0.3) is 0 Å². The zero-order valence-corrected chi connectivity index (χ0v) is 10.2. The Hall–Kier alpha value is -1.82. The molecule has 0 bridgehead atoms. The van der Waals surface area contributed by atoms with Gasteiger partial charge in [0.05, 0.1) is 16.6 Å². The van der Waals surface area contributed by atoms with Crippen LogP contribution in [0.5, 0.6) is 0 Å². The van der Waals surface area contributed by atoms with Crippen molar-refractivity contribution in [1.29, 1.82) is 0 Å². The highest BCUT2D eigenvalue weighted by Gasteiger charge is 2.22. The number of aromatic nitrogens is 1. The van der Waals surface area contributed by atoms with Gasteiger partial charge in [-0.2, -0.15) is 0 Å². The molecule has 0 aromatic carbocycles. The van der Waals surface area contributed by atoms with E-state index < -0.39 is 6.04 Å². The van der Waals surface area contributed by atoms with Crippen molar-refractivity contribution >= 4 is 23.3 Å². The molecule has 1 unspecified atom stereocenters. The maximum absolute atomic E-state index is 12.0. The number of nitrogens with zero attached hydrogens (tertiary/aromatic N) is 3. The summed E-state index contributed by atoms with van der Waals surface area (Å²) in [6, 6.07) is 0.983. The van der Waals surface area contributed by atoms with Crippen molar-refractivity contribution < 1.29 is 10.0 Å². The van der Waals surface area contributed by atoms with Gasteiger partial charge in [0.25, 0.3) is 5.91 Å². The summed E-state index contributed by atoms with van der Waals surface area (Å²) in [7, 11) is 1.54. The van der Waals surface area contributed by atoms with E-state index in [0.29, 0.717) is 5.56 Å². The number of carbonyl (C=O) groups excluding carboxylic acids is 1. The van der Waals surface area contributed by atoms with Crippen LogP contribution in [0.15, 0.2) is 23.6 Å². The number of halogens is 1. The van der Waals surface area contributed by atoms with Crippen LogP contribution in [0.4, 0.5) is 0 Å². The van der Waals surface area contributed by atoms with Crippen molar-refractivity contribution in [2.75, 3.05) is 7.05 Å². The van der Waals surface area contributed by atoms with Gasteiger partial charge in [0, 0.05) is 19.4 Å². The van der Waals surface area contributed by atoms with Crippen molar-refractivity contribution in [2.45, 2.75) is 13.0 Å². The minimum Gasteiger partial charge on any atom is -0.409 e. The van der Waals surface area contributed by atoms with Gasteiger partial charge in [0.2, 0.25) is 0 Å². The molecule has 6 nitrogen and oxygen atoms in total. The quantitative estimate of drug-likeness (QED) is 0.364. The SMILES string of the molecule is CC(C(N)=NO)N(C)C(=O)c1ccncc1Cl. The number of pyridine rings is 1. The summed E-state index contributed by atoms with van der Waals surface area (Å²) >= 11 is 5.86. The molecule has 7 heteroatoms. The number of amidine groups is 1. The lowest BCUT2D eigenvalue weighted by Gasteiger charge is -2.24. The fourth-order valence-electron chi connectivity index (χ4n) is 1.20. The molecule has 17 heavy (non-hydrogen) atoms. The Balaban J connectivity index is 2.95. The number of oxime groups is 1. The van der Waals surface area contributed by atoms with Gasteiger partial charge < -0.3 is 15.8 Å². The second kappa shape index (κ2) is 5.49. The summed E-state index contributed by atoms with van der Waals surface area (Å²) in [6.07, 6.45) is 2.86. The first-order valence-corrected chi connectivity index (χ1v) is 5.21. The van der Waals surface area contributed by atoms with E-state index in [1.807, 2.05) is 0 Å². The molecule has 1 aromatic heterocycles. The summed E-state index contributed by atoms with van der Waals surface area (Å²) in [5.74, 6) is -0.373. The number of hydrogen-bond acceptors (Lipinski definition) is 4. The Kier molecular flexibility index (Phi) is 4.28. The Labute approximate surface area is 104 Å². The fraction of sp³-hybridized carbons (Fsp3) is 0.300. The topological polar surface area (TPSA) is 91.8 Å². The zero-order valence-electron chi connectivity index (χ0n) is 9.46. The number of carbonyl (C=O) groups is 1. The van der Waals surface area contributed by atoms with Gasteiger partial charge >= 0.3 is 0 Å². The summed E-state index contributed by atoms with van der Waals surface area (Å²) in [6.45, 7) is 1.64. The van der Waals surface area contributed by atoms with Gasteiger partial charge in [-0.15, -0.1) is 0 Å². The third-order valence-electron chi connectivity index (χ3n) is 2.45. The highest BCUT2D eigenvalue weighted by Crippen LogP contribution is 2.16. The highest BCUT2D eigenvalue weighted by atomic mass is 35.5. The first-order chi connectivity index (χ1) is 7.99. The molecule has 0 aliphatic rings. The summed E-state index contributed by atoms with van der Waals surface area (Å²) in [4.78, 5) is 17.2. The number of nitrogens with two attached hydrogens (primary N) is 1. The minimum absolute atomic E-state index is 0.0500. The molecule has 1 rings (SSSR count). The first-order valence-electron chi connectivity index (χ1n) is 4.83. The molecular weight excluding hydrogens is 244 g/mol. The number of hydrogen-bond donors (Lipinski definition) is 2. The van der Waals surface area contributed by atoms with Gasteiger partial charge in [-0.05, 0) is 13.0 Å². The molecule has 0 saturated heterocycles. The van der Waals surface area contributed by atoms with Crippen LogP contribution in [-0.2, 0) is 0 Å². The van der Waals surface area contributed by atoms with E-state index in [1.165, 1.54) is 23.4 Å². The van der Waals surface area contributed by atoms with E-state index in [4.69, 9.17) is 22.5 Å². The summed E-state index contributed by atoms with van der Waals surface area (Å²) in [5, 5.41) is 11.7. The third-order valence-corrected chi connectivity index (χ3v) is 2.75.